The van der Waals surface area contributed by atoms with E-state index in [0.717, 1.165) is 25.0 Å². The lowest BCUT2D eigenvalue weighted by atomic mass is 10.2. The first-order valence-corrected chi connectivity index (χ1v) is 9.57. The third-order valence-corrected chi connectivity index (χ3v) is 5.35. The third kappa shape index (κ3) is 3.96. The van der Waals surface area contributed by atoms with E-state index in [1.54, 1.807) is 4.90 Å². The highest BCUT2D eigenvalue weighted by Gasteiger charge is 2.28. The van der Waals surface area contributed by atoms with Crippen LogP contribution in [0.5, 0.6) is 0 Å². The molecule has 21 heavy (non-hydrogen) atoms. The van der Waals surface area contributed by atoms with Crippen LogP contribution in [-0.4, -0.2) is 32.3 Å². The first-order chi connectivity index (χ1) is 9.74. The molecule has 1 aliphatic rings. The average molecular weight is 399 g/mol. The van der Waals surface area contributed by atoms with E-state index in [0.29, 0.717) is 19.0 Å². The van der Waals surface area contributed by atoms with E-state index in [4.69, 9.17) is 10.7 Å². The van der Waals surface area contributed by atoms with Gasteiger partial charge in [0.05, 0.1) is 5.56 Å². The minimum absolute atomic E-state index is 0.0955. The molecule has 0 heterocycles. The Morgan fingerprint density at radius 1 is 1.48 bits per heavy atom. The fraction of sp³-hybridized carbons (Fsp3) is 0.462. The zero-order chi connectivity index (χ0) is 15.8. The van der Waals surface area contributed by atoms with Gasteiger partial charge in [0, 0.05) is 28.2 Å². The lowest BCUT2D eigenvalue weighted by molar-refractivity contribution is 0.0755. The summed E-state index contributed by atoms with van der Waals surface area (Å²) in [6.07, 6.45) is 2.19. The monoisotopic (exact) mass is 397 g/mol. The molecule has 8 heteroatoms. The summed E-state index contributed by atoms with van der Waals surface area (Å²) in [4.78, 5) is 13.4. The summed E-state index contributed by atoms with van der Waals surface area (Å²) in [5.41, 5.74) is 0.0955. The lowest BCUT2D eigenvalue weighted by Gasteiger charge is -2.21. The van der Waals surface area contributed by atoms with Crippen LogP contribution >= 0.6 is 26.6 Å². The molecule has 0 atom stereocenters. The third-order valence-electron chi connectivity index (χ3n) is 3.36. The Hall–Kier alpha value is -0.660. The van der Waals surface area contributed by atoms with Gasteiger partial charge in [-0.1, -0.05) is 0 Å². The molecule has 0 radical (unpaired) electrons. The van der Waals surface area contributed by atoms with E-state index in [9.17, 15) is 17.6 Å². The van der Waals surface area contributed by atoms with Gasteiger partial charge in [0.15, 0.2) is 0 Å². The zero-order valence-electron chi connectivity index (χ0n) is 11.3. The van der Waals surface area contributed by atoms with Gasteiger partial charge in [0.1, 0.15) is 10.7 Å². The first kappa shape index (κ1) is 16.7. The van der Waals surface area contributed by atoms with Gasteiger partial charge in [0.25, 0.3) is 15.0 Å². The minimum atomic E-state index is -4.24. The van der Waals surface area contributed by atoms with Crippen LogP contribution in [0.3, 0.4) is 0 Å². The van der Waals surface area contributed by atoms with Crippen LogP contribution in [0.2, 0.25) is 0 Å². The quantitative estimate of drug-likeness (QED) is 0.714. The molecule has 0 spiro atoms. The molecule has 0 N–H and O–H groups in total. The van der Waals surface area contributed by atoms with Crippen LogP contribution in [0.4, 0.5) is 4.39 Å². The zero-order valence-corrected chi connectivity index (χ0v) is 14.4. The van der Waals surface area contributed by atoms with E-state index in [2.05, 4.69) is 15.9 Å². The van der Waals surface area contributed by atoms with Gasteiger partial charge in [-0.25, -0.2) is 12.8 Å². The number of hydrogen-bond acceptors (Lipinski definition) is 3. The van der Waals surface area contributed by atoms with Crippen molar-refractivity contribution in [2.24, 2.45) is 5.92 Å². The van der Waals surface area contributed by atoms with Crippen molar-refractivity contribution in [2.75, 3.05) is 13.1 Å². The second-order valence-corrected chi connectivity index (χ2v) is 8.38. The van der Waals surface area contributed by atoms with Crippen LogP contribution in [0.1, 0.15) is 30.1 Å². The van der Waals surface area contributed by atoms with Gasteiger partial charge in [-0.15, -0.1) is 0 Å². The van der Waals surface area contributed by atoms with E-state index < -0.39 is 19.8 Å². The molecule has 116 valence electrons. The Kier molecular flexibility index (Phi) is 4.95. The van der Waals surface area contributed by atoms with Gasteiger partial charge >= 0.3 is 0 Å². The summed E-state index contributed by atoms with van der Waals surface area (Å²) >= 11 is 3.10. The van der Waals surface area contributed by atoms with Gasteiger partial charge in [-0.2, -0.15) is 0 Å². The molecule has 0 bridgehead atoms. The number of amides is 1. The predicted molar refractivity (Wildman–Crippen MR) is 81.4 cm³/mol. The molecule has 0 aliphatic heterocycles. The number of nitrogens with zero attached hydrogens (tertiary/aromatic N) is 1. The smallest absolute Gasteiger partial charge is 0.264 e. The molecular weight excluding hydrogens is 385 g/mol. The first-order valence-electron chi connectivity index (χ1n) is 6.47. The Labute approximate surface area is 135 Å². The highest BCUT2D eigenvalue weighted by Crippen LogP contribution is 2.31. The molecule has 0 saturated heterocycles. The topological polar surface area (TPSA) is 54.5 Å². The molecular formula is C13H14BrClFNO3S. The van der Waals surface area contributed by atoms with Crippen LogP contribution in [0.25, 0.3) is 0 Å². The summed E-state index contributed by atoms with van der Waals surface area (Å²) < 4.78 is 36.6. The summed E-state index contributed by atoms with van der Waals surface area (Å²) in [6.45, 7) is 2.97. The molecule has 1 aromatic rings. The maximum Gasteiger partial charge on any atom is 0.264 e. The molecule has 1 aromatic carbocycles. The molecule has 1 amide bonds. The lowest BCUT2D eigenvalue weighted by Crippen LogP contribution is -2.33. The molecule has 1 saturated carbocycles. The molecule has 1 fully saturated rings. The van der Waals surface area contributed by atoms with E-state index in [1.807, 2.05) is 6.92 Å². The van der Waals surface area contributed by atoms with Crippen molar-refractivity contribution in [3.63, 3.8) is 0 Å². The molecule has 0 aromatic heterocycles. The van der Waals surface area contributed by atoms with Crippen molar-refractivity contribution in [3.8, 4) is 0 Å². The number of carbonyl (C=O) groups excluding carboxylic acids is 1. The highest BCUT2D eigenvalue weighted by atomic mass is 79.9. The van der Waals surface area contributed by atoms with Crippen molar-refractivity contribution in [1.29, 1.82) is 0 Å². The second-order valence-electron chi connectivity index (χ2n) is 4.99. The SMILES string of the molecule is CCN(CC1CC1)C(=O)c1cc(S(=O)(=O)Cl)c(F)cc1Br. The summed E-state index contributed by atoms with van der Waals surface area (Å²) in [5.74, 6) is -0.819. The molecule has 1 aliphatic carbocycles. The Bertz CT molecular complexity index is 676. The second kappa shape index (κ2) is 6.22. The van der Waals surface area contributed by atoms with Gasteiger partial charge < -0.3 is 4.90 Å². The largest absolute Gasteiger partial charge is 0.339 e. The maximum absolute atomic E-state index is 13.7. The summed E-state index contributed by atoms with van der Waals surface area (Å²) in [6, 6.07) is 1.94. The highest BCUT2D eigenvalue weighted by molar-refractivity contribution is 9.10. The van der Waals surface area contributed by atoms with Crippen LogP contribution in [0.15, 0.2) is 21.5 Å². The Balaban J connectivity index is 2.39. The van der Waals surface area contributed by atoms with E-state index in [1.165, 1.54) is 0 Å². The van der Waals surface area contributed by atoms with Gasteiger partial charge in [-0.3, -0.25) is 4.79 Å². The van der Waals surface area contributed by atoms with Crippen molar-refractivity contribution in [1.82, 2.24) is 4.90 Å². The predicted octanol–water partition coefficient (Wildman–Crippen LogP) is 3.39. The normalized spacial score (nSPS) is 15.0. The number of rotatable bonds is 5. The molecule has 2 rings (SSSR count). The van der Waals surface area contributed by atoms with Crippen LogP contribution < -0.4 is 0 Å². The standard InChI is InChI=1S/C13H14BrClFNO3S/c1-2-17(7-8-3-4-8)13(18)9-5-12(21(15,19)20)11(16)6-10(9)14/h5-6,8H,2-4,7H2,1H3. The summed E-state index contributed by atoms with van der Waals surface area (Å²) in [7, 11) is 0.949. The van der Waals surface area contributed by atoms with E-state index >= 15 is 0 Å². The van der Waals surface area contributed by atoms with Crippen molar-refractivity contribution < 1.29 is 17.6 Å². The molecule has 0 unspecified atom stereocenters. The van der Waals surface area contributed by atoms with E-state index in [-0.39, 0.29) is 15.9 Å². The summed E-state index contributed by atoms with van der Waals surface area (Å²) in [5, 5.41) is 0. The van der Waals surface area contributed by atoms with Gasteiger partial charge in [-0.05, 0) is 53.7 Å². The van der Waals surface area contributed by atoms with Crippen LogP contribution in [0, 0.1) is 11.7 Å². The minimum Gasteiger partial charge on any atom is -0.339 e. The Morgan fingerprint density at radius 3 is 2.57 bits per heavy atom. The number of carbonyl (C=O) groups is 1. The van der Waals surface area contributed by atoms with Crippen molar-refractivity contribution in [2.45, 2.75) is 24.7 Å². The average Bonchev–Trinajstić information content (AvgIpc) is 3.17. The van der Waals surface area contributed by atoms with Crippen LogP contribution in [-0.2, 0) is 9.05 Å². The number of halogens is 3. The van der Waals surface area contributed by atoms with Crippen molar-refractivity contribution in [3.05, 3.63) is 28.0 Å². The Morgan fingerprint density at radius 2 is 2.10 bits per heavy atom. The fourth-order valence-corrected chi connectivity index (χ4v) is 3.41. The van der Waals surface area contributed by atoms with Crippen molar-refractivity contribution >= 4 is 41.6 Å². The number of benzene rings is 1. The number of hydrogen-bond donors (Lipinski definition) is 0. The fourth-order valence-electron chi connectivity index (χ4n) is 2.02. The molecule has 4 nitrogen and oxygen atoms in total. The maximum atomic E-state index is 13.7. The van der Waals surface area contributed by atoms with Gasteiger partial charge in [0.2, 0.25) is 0 Å².